The van der Waals surface area contributed by atoms with Gasteiger partial charge >= 0.3 is 5.97 Å². The Bertz CT molecular complexity index is 1060. The van der Waals surface area contributed by atoms with Crippen LogP contribution in [0.15, 0.2) is 78.9 Å². The molecule has 0 bridgehead atoms. The van der Waals surface area contributed by atoms with Gasteiger partial charge in [-0.2, -0.15) is 5.26 Å². The molecule has 0 aliphatic rings. The molecule has 0 heterocycles. The number of esters is 1. The summed E-state index contributed by atoms with van der Waals surface area (Å²) in [4.78, 5) is 25.2. The maximum Gasteiger partial charge on any atom is 0.308 e. The lowest BCUT2D eigenvalue weighted by Gasteiger charge is -2.19. The van der Waals surface area contributed by atoms with E-state index in [0.29, 0.717) is 16.1 Å². The molecule has 0 saturated heterocycles. The Kier molecular flexibility index (Phi) is 7.20. The maximum atomic E-state index is 12.7. The van der Waals surface area contributed by atoms with Crippen molar-refractivity contribution in [3.8, 4) is 6.07 Å². The monoisotopic (exact) mass is 418 g/mol. The number of hydrogen-bond acceptors (Lipinski definition) is 4. The number of rotatable bonds is 7. The first-order valence-corrected chi connectivity index (χ1v) is 9.69. The van der Waals surface area contributed by atoms with Crippen LogP contribution in [0.1, 0.15) is 39.5 Å². The summed E-state index contributed by atoms with van der Waals surface area (Å²) in [5, 5.41) is 12.1. The molecule has 0 aliphatic heterocycles. The van der Waals surface area contributed by atoms with Crippen molar-refractivity contribution in [3.63, 3.8) is 0 Å². The molecule has 5 nitrogen and oxygen atoms in total. The van der Waals surface area contributed by atoms with Gasteiger partial charge in [-0.1, -0.05) is 66.2 Å². The molecule has 0 aromatic heterocycles. The Balaban J connectivity index is 1.68. The molecule has 3 aromatic carbocycles. The van der Waals surface area contributed by atoms with Crippen molar-refractivity contribution in [2.24, 2.45) is 0 Å². The van der Waals surface area contributed by atoms with Crippen molar-refractivity contribution in [2.75, 3.05) is 0 Å². The second-order valence-electron chi connectivity index (χ2n) is 6.59. The van der Waals surface area contributed by atoms with Crippen molar-refractivity contribution < 1.29 is 14.3 Å². The normalized spacial score (nSPS) is 11.2. The standard InChI is InChI=1S/C24H19ClN2O3/c25-21-9-5-4-8-20(21)24(29)27-22(19-6-2-1-3-7-19)14-23(28)30-16-18-12-10-17(15-26)11-13-18/h1-13,22H,14,16H2,(H,27,29). The van der Waals surface area contributed by atoms with Gasteiger partial charge in [0, 0.05) is 0 Å². The second kappa shape index (κ2) is 10.2. The zero-order chi connectivity index (χ0) is 21.3. The van der Waals surface area contributed by atoms with Crippen LogP contribution in [-0.2, 0) is 16.1 Å². The van der Waals surface area contributed by atoms with Gasteiger partial charge in [0.15, 0.2) is 0 Å². The molecule has 1 N–H and O–H groups in total. The molecule has 0 radical (unpaired) electrons. The van der Waals surface area contributed by atoms with Crippen LogP contribution in [0.4, 0.5) is 0 Å². The number of hydrogen-bond donors (Lipinski definition) is 1. The van der Waals surface area contributed by atoms with Crippen LogP contribution in [0, 0.1) is 11.3 Å². The predicted molar refractivity (Wildman–Crippen MR) is 114 cm³/mol. The van der Waals surface area contributed by atoms with Crippen molar-refractivity contribution >= 4 is 23.5 Å². The first-order chi connectivity index (χ1) is 14.6. The van der Waals surface area contributed by atoms with Gasteiger partial charge in [0.1, 0.15) is 6.61 Å². The van der Waals surface area contributed by atoms with Crippen molar-refractivity contribution in [2.45, 2.75) is 19.1 Å². The van der Waals surface area contributed by atoms with Gasteiger partial charge in [0.2, 0.25) is 0 Å². The first-order valence-electron chi connectivity index (χ1n) is 9.32. The number of nitrogens with one attached hydrogen (secondary N) is 1. The molecular formula is C24H19ClN2O3. The molecule has 3 rings (SSSR count). The zero-order valence-electron chi connectivity index (χ0n) is 16.0. The van der Waals surface area contributed by atoms with Crippen LogP contribution < -0.4 is 5.32 Å². The van der Waals surface area contributed by atoms with E-state index in [-0.39, 0.29) is 18.9 Å². The summed E-state index contributed by atoms with van der Waals surface area (Å²) in [6, 6.07) is 24.2. The highest BCUT2D eigenvalue weighted by Crippen LogP contribution is 2.21. The number of nitriles is 1. The molecule has 0 aliphatic carbocycles. The van der Waals surface area contributed by atoms with Crippen LogP contribution in [0.3, 0.4) is 0 Å². The lowest BCUT2D eigenvalue weighted by Crippen LogP contribution is -2.30. The quantitative estimate of drug-likeness (QED) is 0.558. The van der Waals surface area contributed by atoms with Crippen LogP contribution in [0.5, 0.6) is 0 Å². The van der Waals surface area contributed by atoms with E-state index in [1.165, 1.54) is 0 Å². The van der Waals surface area contributed by atoms with Gasteiger partial charge in [-0.15, -0.1) is 0 Å². The zero-order valence-corrected chi connectivity index (χ0v) is 16.8. The number of amides is 1. The van der Waals surface area contributed by atoms with Crippen LogP contribution in [0.2, 0.25) is 5.02 Å². The topological polar surface area (TPSA) is 79.2 Å². The summed E-state index contributed by atoms with van der Waals surface area (Å²) in [6.45, 7) is 0.0878. The van der Waals surface area contributed by atoms with E-state index in [1.807, 2.05) is 36.4 Å². The smallest absolute Gasteiger partial charge is 0.308 e. The third kappa shape index (κ3) is 5.69. The van der Waals surface area contributed by atoms with Crippen LogP contribution in [-0.4, -0.2) is 11.9 Å². The van der Waals surface area contributed by atoms with Gasteiger partial charge in [0.25, 0.3) is 5.91 Å². The molecule has 1 unspecified atom stereocenters. The van der Waals surface area contributed by atoms with Gasteiger partial charge in [-0.05, 0) is 35.4 Å². The summed E-state index contributed by atoms with van der Waals surface area (Å²) >= 11 is 6.12. The highest BCUT2D eigenvalue weighted by Gasteiger charge is 2.21. The lowest BCUT2D eigenvalue weighted by molar-refractivity contribution is -0.145. The SMILES string of the molecule is N#Cc1ccc(COC(=O)CC(NC(=O)c2ccccc2Cl)c2ccccc2)cc1. The van der Waals surface area contributed by atoms with Crippen molar-refractivity contribution in [1.82, 2.24) is 5.32 Å². The van der Waals surface area contributed by atoms with Gasteiger partial charge < -0.3 is 10.1 Å². The highest BCUT2D eigenvalue weighted by molar-refractivity contribution is 6.33. The maximum absolute atomic E-state index is 12.7. The number of carbonyl (C=O) groups is 2. The fourth-order valence-corrected chi connectivity index (χ4v) is 3.11. The highest BCUT2D eigenvalue weighted by atomic mass is 35.5. The molecule has 30 heavy (non-hydrogen) atoms. The van der Waals surface area contributed by atoms with Gasteiger partial charge in [-0.25, -0.2) is 0 Å². The summed E-state index contributed by atoms with van der Waals surface area (Å²) in [5.74, 6) is -0.818. The molecule has 150 valence electrons. The molecule has 3 aromatic rings. The molecule has 0 fully saturated rings. The van der Waals surface area contributed by atoms with Gasteiger partial charge in [-0.3, -0.25) is 9.59 Å². The number of halogens is 1. The third-order valence-electron chi connectivity index (χ3n) is 4.48. The Labute approximate surface area is 179 Å². The minimum Gasteiger partial charge on any atom is -0.461 e. The Hall–Kier alpha value is -3.62. The number of ether oxygens (including phenoxy) is 1. The Morgan fingerprint density at radius 1 is 0.967 bits per heavy atom. The second-order valence-corrected chi connectivity index (χ2v) is 7.00. The average Bonchev–Trinajstić information content (AvgIpc) is 2.78. The minimum atomic E-state index is -0.566. The van der Waals surface area contributed by atoms with E-state index in [0.717, 1.165) is 11.1 Å². The predicted octanol–water partition coefficient (Wildman–Crippen LogP) is 4.82. The average molecular weight is 419 g/mol. The summed E-state index contributed by atoms with van der Waals surface area (Å²) in [5.41, 5.74) is 2.44. The van der Waals surface area contributed by atoms with Gasteiger partial charge in [0.05, 0.1) is 34.7 Å². The molecule has 1 atom stereocenters. The fourth-order valence-electron chi connectivity index (χ4n) is 2.88. The van der Waals surface area contributed by atoms with Crippen molar-refractivity contribution in [1.29, 1.82) is 5.26 Å². The van der Waals surface area contributed by atoms with E-state index in [4.69, 9.17) is 21.6 Å². The van der Waals surface area contributed by atoms with E-state index >= 15 is 0 Å². The minimum absolute atomic E-state index is 0.0313. The van der Waals surface area contributed by atoms with E-state index in [9.17, 15) is 9.59 Å². The summed E-state index contributed by atoms with van der Waals surface area (Å²) in [6.07, 6.45) is -0.0313. The fraction of sp³-hybridized carbons (Fsp3) is 0.125. The molecule has 0 saturated carbocycles. The van der Waals surface area contributed by atoms with E-state index < -0.39 is 12.0 Å². The Morgan fingerprint density at radius 2 is 1.63 bits per heavy atom. The van der Waals surface area contributed by atoms with Crippen LogP contribution in [0.25, 0.3) is 0 Å². The van der Waals surface area contributed by atoms with E-state index in [1.54, 1.807) is 48.5 Å². The summed E-state index contributed by atoms with van der Waals surface area (Å²) in [7, 11) is 0. The number of benzene rings is 3. The van der Waals surface area contributed by atoms with Crippen molar-refractivity contribution in [3.05, 3.63) is 106 Å². The third-order valence-corrected chi connectivity index (χ3v) is 4.81. The van der Waals surface area contributed by atoms with Crippen LogP contribution >= 0.6 is 11.6 Å². The lowest BCUT2D eigenvalue weighted by atomic mass is 10.0. The molecule has 1 amide bonds. The largest absolute Gasteiger partial charge is 0.461 e. The molecule has 0 spiro atoms. The molecule has 6 heteroatoms. The molecular weight excluding hydrogens is 400 g/mol. The number of nitrogens with zero attached hydrogens (tertiary/aromatic N) is 1. The Morgan fingerprint density at radius 3 is 2.30 bits per heavy atom. The summed E-state index contributed by atoms with van der Waals surface area (Å²) < 4.78 is 5.37. The number of carbonyl (C=O) groups excluding carboxylic acids is 2. The van der Waals surface area contributed by atoms with E-state index in [2.05, 4.69) is 5.32 Å². The first kappa shape index (κ1) is 21.1.